The molecular formula is C37H92N12. The van der Waals surface area contributed by atoms with E-state index in [-0.39, 0.29) is 7.43 Å². The molecule has 0 aromatic heterocycles. The first kappa shape index (κ1) is 52.9. The second-order valence-corrected chi connectivity index (χ2v) is 13.1. The van der Waals surface area contributed by atoms with Crippen LogP contribution in [0.15, 0.2) is 0 Å². The highest BCUT2D eigenvalue weighted by Gasteiger charge is 2.08. The molecule has 12 heteroatoms. The highest BCUT2D eigenvalue weighted by molar-refractivity contribution is 4.66. The molecule has 0 atom stereocenters. The maximum absolute atomic E-state index is 5.71. The molecule has 300 valence electrons. The Bertz CT molecular complexity index is 533. The first-order chi connectivity index (χ1) is 23.6. The monoisotopic (exact) mass is 705 g/mol. The summed E-state index contributed by atoms with van der Waals surface area (Å²) in [6.45, 7) is 22.4. The zero-order valence-corrected chi connectivity index (χ0v) is 32.1. The Labute approximate surface area is 306 Å². The molecule has 12 nitrogen and oxygen atoms in total. The molecule has 15 N–H and O–H groups in total. The maximum Gasteiger partial charge on any atom is 0.0110 e. The Hall–Kier alpha value is -0.480. The van der Waals surface area contributed by atoms with Crippen molar-refractivity contribution in [3.8, 4) is 0 Å². The Kier molecular flexibility index (Phi) is 51.3. The van der Waals surface area contributed by atoms with Crippen molar-refractivity contribution < 1.29 is 0 Å². The predicted molar refractivity (Wildman–Crippen MR) is 219 cm³/mol. The first-order valence-corrected chi connectivity index (χ1v) is 20.1. The highest BCUT2D eigenvalue weighted by atomic mass is 15.2. The number of nitrogens with one attached hydrogen (secondary N) is 3. The minimum atomic E-state index is 0. The topological polar surface area (TPSA) is 202 Å². The molecule has 0 fully saturated rings. The standard InChI is InChI=1S/C20H51N9.C16H37N3.CH4/c21-5-4-13-27(19-20-29(16-8-24)17-9-25)12-3-1-2-10-26-11-18-28(14-6-22)15-7-23;1-2-3-4-8-13-18-15-10-6-11-16-19-14-9-5-7-12-17;/h26H,1-25H2;18-19H,2-17H2,1H3;1H4. The van der Waals surface area contributed by atoms with Crippen LogP contribution in [0.4, 0.5) is 0 Å². The molecule has 0 amide bonds. The van der Waals surface area contributed by atoms with E-state index in [1.165, 1.54) is 103 Å². The van der Waals surface area contributed by atoms with E-state index in [9.17, 15) is 0 Å². The van der Waals surface area contributed by atoms with Crippen molar-refractivity contribution in [2.75, 3.05) is 137 Å². The molecule has 0 rings (SSSR count). The molecule has 0 saturated heterocycles. The number of hydrogen-bond acceptors (Lipinski definition) is 12. The van der Waals surface area contributed by atoms with Gasteiger partial charge in [-0.05, 0) is 110 Å². The third-order valence-electron chi connectivity index (χ3n) is 8.60. The van der Waals surface area contributed by atoms with Crippen LogP contribution in [0.25, 0.3) is 0 Å². The van der Waals surface area contributed by atoms with Crippen LogP contribution in [0.2, 0.25) is 0 Å². The van der Waals surface area contributed by atoms with Gasteiger partial charge in [0.2, 0.25) is 0 Å². The lowest BCUT2D eigenvalue weighted by molar-refractivity contribution is 0.205. The van der Waals surface area contributed by atoms with Gasteiger partial charge in [-0.2, -0.15) is 0 Å². The molecule has 0 saturated carbocycles. The van der Waals surface area contributed by atoms with Gasteiger partial charge in [-0.15, -0.1) is 0 Å². The van der Waals surface area contributed by atoms with Crippen LogP contribution in [0.5, 0.6) is 0 Å². The van der Waals surface area contributed by atoms with E-state index in [1.807, 2.05) is 0 Å². The Morgan fingerprint density at radius 3 is 1.08 bits per heavy atom. The minimum absolute atomic E-state index is 0. The van der Waals surface area contributed by atoms with Crippen molar-refractivity contribution in [3.05, 3.63) is 0 Å². The molecule has 0 aromatic carbocycles. The Morgan fingerprint density at radius 1 is 0.306 bits per heavy atom. The summed E-state index contributed by atoms with van der Waals surface area (Å²) in [5.74, 6) is 0. The van der Waals surface area contributed by atoms with E-state index in [1.54, 1.807) is 0 Å². The van der Waals surface area contributed by atoms with E-state index in [4.69, 9.17) is 34.4 Å². The number of nitrogens with zero attached hydrogens (tertiary/aromatic N) is 3. The summed E-state index contributed by atoms with van der Waals surface area (Å²) in [5, 5.41) is 10.6. The first-order valence-electron chi connectivity index (χ1n) is 20.1. The summed E-state index contributed by atoms with van der Waals surface area (Å²) in [6.07, 6.45) is 17.9. The molecule has 0 unspecified atom stereocenters. The fraction of sp³-hybridized carbons (Fsp3) is 1.00. The van der Waals surface area contributed by atoms with Gasteiger partial charge in [0.25, 0.3) is 0 Å². The maximum atomic E-state index is 5.71. The Balaban J connectivity index is -0.000000920. The van der Waals surface area contributed by atoms with E-state index in [0.29, 0.717) is 26.2 Å². The average molecular weight is 705 g/mol. The van der Waals surface area contributed by atoms with Gasteiger partial charge < -0.3 is 55.3 Å². The normalized spacial score (nSPS) is 11.4. The number of unbranched alkanes of at least 4 members (excludes halogenated alkanes) is 9. The summed E-state index contributed by atoms with van der Waals surface area (Å²) in [7, 11) is 0. The van der Waals surface area contributed by atoms with Gasteiger partial charge in [0.15, 0.2) is 0 Å². The molecular weight excluding hydrogens is 612 g/mol. The number of rotatable bonds is 39. The van der Waals surface area contributed by atoms with Crippen LogP contribution in [0.3, 0.4) is 0 Å². The number of nitrogens with two attached hydrogens (primary N) is 6. The van der Waals surface area contributed by atoms with Crippen LogP contribution in [-0.4, -0.2) is 152 Å². The van der Waals surface area contributed by atoms with Gasteiger partial charge in [0.1, 0.15) is 0 Å². The molecule has 0 radical (unpaired) electrons. The lowest BCUT2D eigenvalue weighted by atomic mass is 10.2. The van der Waals surface area contributed by atoms with Gasteiger partial charge in [-0.25, -0.2) is 0 Å². The SMILES string of the molecule is C.CCCCCCNCCCCCNCCCCCN.NCCCN(CCCCCNCCN(CCN)CCN)CCN(CCN)CCN. The quantitative estimate of drug-likeness (QED) is 0.0419. The van der Waals surface area contributed by atoms with Gasteiger partial charge >= 0.3 is 0 Å². The smallest absolute Gasteiger partial charge is 0.0110 e. The second kappa shape index (κ2) is 47.5. The van der Waals surface area contributed by atoms with Crippen molar-refractivity contribution in [3.63, 3.8) is 0 Å². The molecule has 0 spiro atoms. The molecule has 0 aliphatic carbocycles. The van der Waals surface area contributed by atoms with Crippen LogP contribution in [0.1, 0.15) is 104 Å². The van der Waals surface area contributed by atoms with Gasteiger partial charge in [0.05, 0.1) is 0 Å². The van der Waals surface area contributed by atoms with Gasteiger partial charge in [-0.1, -0.05) is 52.9 Å². The average Bonchev–Trinajstić information content (AvgIpc) is 3.09. The lowest BCUT2D eigenvalue weighted by Crippen LogP contribution is -2.40. The summed E-state index contributed by atoms with van der Waals surface area (Å²) < 4.78 is 0. The third-order valence-corrected chi connectivity index (χ3v) is 8.60. The molecule has 0 aliphatic heterocycles. The van der Waals surface area contributed by atoms with Crippen LogP contribution < -0.4 is 50.4 Å². The summed E-state index contributed by atoms with van der Waals surface area (Å²) in [5.41, 5.74) is 33.9. The van der Waals surface area contributed by atoms with Crippen molar-refractivity contribution in [2.45, 2.75) is 104 Å². The highest BCUT2D eigenvalue weighted by Crippen LogP contribution is 2.01. The zero-order chi connectivity index (χ0) is 35.6. The molecule has 0 aliphatic rings. The second-order valence-electron chi connectivity index (χ2n) is 13.1. The third kappa shape index (κ3) is 43.6. The van der Waals surface area contributed by atoms with Gasteiger partial charge in [-0.3, -0.25) is 9.80 Å². The molecule has 0 bridgehead atoms. The number of hydrogen-bond donors (Lipinski definition) is 9. The van der Waals surface area contributed by atoms with Crippen molar-refractivity contribution >= 4 is 0 Å². The lowest BCUT2D eigenvalue weighted by Gasteiger charge is -2.27. The zero-order valence-electron chi connectivity index (χ0n) is 32.1. The fourth-order valence-electron chi connectivity index (χ4n) is 5.63. The summed E-state index contributed by atoms with van der Waals surface area (Å²) >= 11 is 0. The van der Waals surface area contributed by atoms with E-state index in [2.05, 4.69) is 37.6 Å². The molecule has 0 heterocycles. The largest absolute Gasteiger partial charge is 0.330 e. The minimum Gasteiger partial charge on any atom is -0.330 e. The van der Waals surface area contributed by atoms with E-state index in [0.717, 1.165) is 98.0 Å². The van der Waals surface area contributed by atoms with Crippen LogP contribution >= 0.6 is 0 Å². The van der Waals surface area contributed by atoms with Crippen molar-refractivity contribution in [2.24, 2.45) is 34.4 Å². The predicted octanol–water partition coefficient (Wildman–Crippen LogP) is 1.52. The van der Waals surface area contributed by atoms with Crippen LogP contribution in [0, 0.1) is 0 Å². The van der Waals surface area contributed by atoms with Crippen LogP contribution in [-0.2, 0) is 0 Å². The van der Waals surface area contributed by atoms with E-state index < -0.39 is 0 Å². The van der Waals surface area contributed by atoms with Gasteiger partial charge in [0, 0.05) is 78.5 Å². The van der Waals surface area contributed by atoms with E-state index >= 15 is 0 Å². The fourth-order valence-corrected chi connectivity index (χ4v) is 5.63. The van der Waals surface area contributed by atoms with Crippen molar-refractivity contribution in [1.29, 1.82) is 0 Å². The van der Waals surface area contributed by atoms with Crippen molar-refractivity contribution in [1.82, 2.24) is 30.7 Å². The summed E-state index contributed by atoms with van der Waals surface area (Å²) in [4.78, 5) is 7.22. The molecule has 0 aromatic rings. The summed E-state index contributed by atoms with van der Waals surface area (Å²) in [6, 6.07) is 0. The Morgan fingerprint density at radius 2 is 0.653 bits per heavy atom. The molecule has 49 heavy (non-hydrogen) atoms.